The minimum Gasteiger partial charge on any atom is -0.497 e. The van der Waals surface area contributed by atoms with Crippen LogP contribution >= 0.6 is 0 Å². The first-order valence-corrected chi connectivity index (χ1v) is 9.71. The summed E-state index contributed by atoms with van der Waals surface area (Å²) in [4.78, 5) is 23.7. The van der Waals surface area contributed by atoms with E-state index in [-0.39, 0.29) is 12.1 Å². The number of hydrogen-bond acceptors (Lipinski definition) is 4. The fourth-order valence-electron chi connectivity index (χ4n) is 3.70. The second-order valence-corrected chi connectivity index (χ2v) is 7.00. The summed E-state index contributed by atoms with van der Waals surface area (Å²) >= 11 is 0. The van der Waals surface area contributed by atoms with Crippen molar-refractivity contribution in [3.05, 3.63) is 42.6 Å². The highest BCUT2D eigenvalue weighted by molar-refractivity contribution is 5.78. The molecule has 7 heteroatoms. The molecule has 28 heavy (non-hydrogen) atoms. The highest BCUT2D eigenvalue weighted by Gasteiger charge is 2.30. The van der Waals surface area contributed by atoms with Crippen molar-refractivity contribution in [2.45, 2.75) is 25.8 Å². The Kier molecular flexibility index (Phi) is 5.14. The molecule has 1 aliphatic rings. The van der Waals surface area contributed by atoms with Gasteiger partial charge >= 0.3 is 6.03 Å². The van der Waals surface area contributed by atoms with E-state index in [9.17, 15) is 4.79 Å². The first kappa shape index (κ1) is 18.3. The lowest BCUT2D eigenvalue weighted by molar-refractivity contribution is 0.207. The van der Waals surface area contributed by atoms with Crippen LogP contribution in [0.5, 0.6) is 5.75 Å². The van der Waals surface area contributed by atoms with E-state index in [1.54, 1.807) is 13.3 Å². The Bertz CT molecular complexity index is 967. The second kappa shape index (κ2) is 7.88. The molecule has 2 amide bonds. The third-order valence-electron chi connectivity index (χ3n) is 5.14. The number of carbonyl (C=O) groups is 1. The summed E-state index contributed by atoms with van der Waals surface area (Å²) in [5.41, 5.74) is 2.73. The van der Waals surface area contributed by atoms with Gasteiger partial charge in [-0.1, -0.05) is 6.92 Å². The Hall–Kier alpha value is -3.09. The van der Waals surface area contributed by atoms with Crippen LogP contribution in [0.1, 0.15) is 25.8 Å². The maximum absolute atomic E-state index is 12.4. The number of methoxy groups -OCH3 is 1. The maximum atomic E-state index is 12.4. The van der Waals surface area contributed by atoms with Crippen molar-refractivity contribution in [3.8, 4) is 17.1 Å². The molecule has 0 bridgehead atoms. The van der Waals surface area contributed by atoms with Gasteiger partial charge in [0, 0.05) is 31.4 Å². The van der Waals surface area contributed by atoms with Gasteiger partial charge in [0.05, 0.1) is 13.2 Å². The number of benzene rings is 1. The zero-order chi connectivity index (χ0) is 19.5. The molecule has 146 valence electrons. The summed E-state index contributed by atoms with van der Waals surface area (Å²) in [6.45, 7) is 4.14. The molecule has 0 spiro atoms. The second-order valence-electron chi connectivity index (χ2n) is 7.00. The number of nitrogens with one attached hydrogen (secondary N) is 1. The van der Waals surface area contributed by atoms with Crippen molar-refractivity contribution in [2.24, 2.45) is 0 Å². The summed E-state index contributed by atoms with van der Waals surface area (Å²) in [6, 6.07) is 11.9. The normalized spacial score (nSPS) is 16.5. The van der Waals surface area contributed by atoms with Gasteiger partial charge in [-0.3, -0.25) is 0 Å². The first-order valence-electron chi connectivity index (χ1n) is 9.71. The predicted octanol–water partition coefficient (Wildman–Crippen LogP) is 3.47. The van der Waals surface area contributed by atoms with Gasteiger partial charge in [0.25, 0.3) is 0 Å². The van der Waals surface area contributed by atoms with Crippen molar-refractivity contribution in [2.75, 3.05) is 26.7 Å². The van der Waals surface area contributed by atoms with Gasteiger partial charge in [0.1, 0.15) is 17.1 Å². The van der Waals surface area contributed by atoms with E-state index in [4.69, 9.17) is 9.72 Å². The average molecular weight is 379 g/mol. The molecule has 1 saturated heterocycles. The Balaban J connectivity index is 1.69. The number of urea groups is 1. The van der Waals surface area contributed by atoms with Gasteiger partial charge in [-0.25, -0.2) is 14.8 Å². The minimum absolute atomic E-state index is 0.00716. The fraction of sp³-hybridized carbons (Fsp3) is 0.381. The number of imidazole rings is 1. The van der Waals surface area contributed by atoms with Crippen molar-refractivity contribution in [3.63, 3.8) is 0 Å². The maximum Gasteiger partial charge on any atom is 0.317 e. The molecule has 1 atom stereocenters. The predicted molar refractivity (Wildman–Crippen MR) is 108 cm³/mol. The zero-order valence-corrected chi connectivity index (χ0v) is 16.3. The van der Waals surface area contributed by atoms with Crippen LogP contribution in [0.15, 0.2) is 42.6 Å². The molecule has 1 unspecified atom stereocenters. The van der Waals surface area contributed by atoms with E-state index in [2.05, 4.69) is 21.8 Å². The van der Waals surface area contributed by atoms with Crippen LogP contribution in [0.25, 0.3) is 22.6 Å². The number of hydrogen-bond donors (Lipinski definition) is 1. The third-order valence-corrected chi connectivity index (χ3v) is 5.14. The molecule has 0 radical (unpaired) electrons. The molecular formula is C21H25N5O2. The number of rotatable bonds is 5. The van der Waals surface area contributed by atoms with E-state index in [1.807, 2.05) is 41.3 Å². The van der Waals surface area contributed by atoms with E-state index >= 15 is 0 Å². The highest BCUT2D eigenvalue weighted by atomic mass is 16.5. The van der Waals surface area contributed by atoms with Crippen molar-refractivity contribution in [1.82, 2.24) is 24.8 Å². The number of likely N-dealkylation sites (tertiary alicyclic amines) is 1. The van der Waals surface area contributed by atoms with Gasteiger partial charge in [0.2, 0.25) is 0 Å². The molecule has 0 saturated carbocycles. The van der Waals surface area contributed by atoms with E-state index in [0.29, 0.717) is 13.1 Å². The van der Waals surface area contributed by atoms with Crippen LogP contribution in [0, 0.1) is 0 Å². The number of nitrogens with zero attached hydrogens (tertiary/aromatic N) is 4. The molecule has 7 nitrogen and oxygen atoms in total. The van der Waals surface area contributed by atoms with Crippen molar-refractivity contribution >= 4 is 17.2 Å². The topological polar surface area (TPSA) is 72.3 Å². The number of pyridine rings is 1. The lowest BCUT2D eigenvalue weighted by Crippen LogP contribution is -2.38. The smallest absolute Gasteiger partial charge is 0.317 e. The Morgan fingerprint density at radius 1 is 1.29 bits per heavy atom. The summed E-state index contributed by atoms with van der Waals surface area (Å²) < 4.78 is 7.46. The SMILES string of the molecule is CCCNC(=O)N1CCC(n2c(-c3ccc(OC)cc3)nc3cccnc32)C1. The van der Waals surface area contributed by atoms with Gasteiger partial charge in [-0.05, 0) is 49.2 Å². The highest BCUT2D eigenvalue weighted by Crippen LogP contribution is 2.32. The molecule has 1 aromatic carbocycles. The van der Waals surface area contributed by atoms with Crippen LogP contribution in [0.2, 0.25) is 0 Å². The lowest BCUT2D eigenvalue weighted by Gasteiger charge is -2.19. The minimum atomic E-state index is 0.00716. The zero-order valence-electron chi connectivity index (χ0n) is 16.3. The summed E-state index contributed by atoms with van der Waals surface area (Å²) in [5.74, 6) is 1.68. The monoisotopic (exact) mass is 379 g/mol. The summed E-state index contributed by atoms with van der Waals surface area (Å²) in [5, 5.41) is 2.97. The molecule has 1 N–H and O–H groups in total. The number of ether oxygens (including phenoxy) is 1. The Labute approximate surface area is 164 Å². The fourth-order valence-corrected chi connectivity index (χ4v) is 3.70. The molecule has 1 aliphatic heterocycles. The first-order chi connectivity index (χ1) is 13.7. The molecular weight excluding hydrogens is 354 g/mol. The Morgan fingerprint density at radius 2 is 2.11 bits per heavy atom. The molecule has 0 aliphatic carbocycles. The van der Waals surface area contributed by atoms with Gasteiger partial charge in [0.15, 0.2) is 5.65 Å². The summed E-state index contributed by atoms with van der Waals surface area (Å²) in [6.07, 6.45) is 3.60. The number of fused-ring (bicyclic) bond motifs is 1. The van der Waals surface area contributed by atoms with Crippen LogP contribution in [-0.4, -0.2) is 52.2 Å². The average Bonchev–Trinajstić information content (AvgIpc) is 3.36. The van der Waals surface area contributed by atoms with Crippen LogP contribution in [-0.2, 0) is 0 Å². The van der Waals surface area contributed by atoms with E-state index < -0.39 is 0 Å². The Morgan fingerprint density at radius 3 is 2.86 bits per heavy atom. The van der Waals surface area contributed by atoms with Crippen LogP contribution < -0.4 is 10.1 Å². The van der Waals surface area contributed by atoms with Gasteiger partial charge in [-0.2, -0.15) is 0 Å². The van der Waals surface area contributed by atoms with Crippen LogP contribution in [0.4, 0.5) is 4.79 Å². The van der Waals surface area contributed by atoms with Gasteiger partial charge in [-0.15, -0.1) is 0 Å². The molecule has 3 aromatic rings. The third kappa shape index (κ3) is 3.40. The van der Waals surface area contributed by atoms with Crippen molar-refractivity contribution in [1.29, 1.82) is 0 Å². The molecule has 3 heterocycles. The van der Waals surface area contributed by atoms with Crippen LogP contribution in [0.3, 0.4) is 0 Å². The molecule has 4 rings (SSSR count). The number of aromatic nitrogens is 3. The quantitative estimate of drug-likeness (QED) is 0.737. The van der Waals surface area contributed by atoms with Crippen molar-refractivity contribution < 1.29 is 9.53 Å². The van der Waals surface area contributed by atoms with E-state index in [1.165, 1.54) is 0 Å². The van der Waals surface area contributed by atoms with Gasteiger partial charge < -0.3 is 19.5 Å². The molecule has 2 aromatic heterocycles. The summed E-state index contributed by atoms with van der Waals surface area (Å²) in [7, 11) is 1.66. The standard InChI is InChI=1S/C21H25N5O2/c1-3-11-23-21(27)25-13-10-16(14-25)26-19(15-6-8-17(28-2)9-7-15)24-18-5-4-12-22-20(18)26/h4-9,12,16H,3,10-11,13-14H2,1-2H3,(H,23,27). The molecule has 1 fully saturated rings. The number of carbonyl (C=O) groups excluding carboxylic acids is 1. The number of amides is 2. The van der Waals surface area contributed by atoms with E-state index in [0.717, 1.165) is 47.7 Å². The largest absolute Gasteiger partial charge is 0.497 e. The lowest BCUT2D eigenvalue weighted by atomic mass is 10.2.